The maximum atomic E-state index is 14.5. The van der Waals surface area contributed by atoms with Crippen molar-refractivity contribution in [3.05, 3.63) is 47.6 Å². The molecule has 15 nitrogen and oxygen atoms in total. The molecule has 3 aliphatic heterocycles. The molecule has 16 heteroatoms. The number of piperidine rings is 1. The number of rotatable bonds is 10. The first-order chi connectivity index (χ1) is 33.6. The lowest BCUT2D eigenvalue weighted by Crippen LogP contribution is -2.61. The molecule has 3 unspecified atom stereocenters. The number of aliphatic hydroxyl groups excluding tert-OH is 1. The minimum absolute atomic E-state index is 0.0112. The molecule has 0 spiro atoms. The van der Waals surface area contributed by atoms with E-state index in [0.717, 1.165) is 12.0 Å². The van der Waals surface area contributed by atoms with Crippen LogP contribution in [0.5, 0.6) is 0 Å². The van der Waals surface area contributed by atoms with Crippen LogP contribution in [0.3, 0.4) is 0 Å². The molecule has 2 bridgehead atoms. The number of amides is 1. The highest BCUT2D eigenvalue weighted by atomic mass is 31.2. The fourth-order valence-corrected chi connectivity index (χ4v) is 12.3. The largest absolute Gasteiger partial charge is 0.460 e. The van der Waals surface area contributed by atoms with Gasteiger partial charge in [0.05, 0.1) is 24.4 Å². The quantitative estimate of drug-likeness (QED) is 0.0913. The number of methoxy groups -OCH3 is 3. The molecule has 71 heavy (non-hydrogen) atoms. The average Bonchev–Trinajstić information content (AvgIpc) is 3.35. The van der Waals surface area contributed by atoms with Gasteiger partial charge < -0.3 is 43.3 Å². The molecule has 0 radical (unpaired) electrons. The topological polar surface area (TPSA) is 201 Å². The lowest BCUT2D eigenvalue weighted by molar-refractivity contribution is -0.265. The van der Waals surface area contributed by atoms with E-state index in [1.807, 2.05) is 71.9 Å². The molecule has 1 saturated carbocycles. The van der Waals surface area contributed by atoms with Crippen molar-refractivity contribution in [2.75, 3.05) is 40.2 Å². The molecular weight excluding hydrogens is 930 g/mol. The van der Waals surface area contributed by atoms with Crippen molar-refractivity contribution in [2.24, 2.45) is 35.5 Å². The predicted molar refractivity (Wildman–Crippen MR) is 273 cm³/mol. The molecule has 2 saturated heterocycles. The third-order valence-electron chi connectivity index (χ3n) is 15.7. The van der Waals surface area contributed by atoms with E-state index in [1.165, 1.54) is 12.0 Å². The van der Waals surface area contributed by atoms with Crippen LogP contribution < -0.4 is 0 Å². The van der Waals surface area contributed by atoms with Gasteiger partial charge in [-0.2, -0.15) is 0 Å². The molecule has 3 heterocycles. The van der Waals surface area contributed by atoms with Gasteiger partial charge in [0.2, 0.25) is 13.2 Å². The second kappa shape index (κ2) is 28.0. The summed E-state index contributed by atoms with van der Waals surface area (Å²) in [5.74, 6) is -8.10. The number of carbonyl (C=O) groups excluding carboxylic acids is 5. The van der Waals surface area contributed by atoms with Gasteiger partial charge in [0.1, 0.15) is 30.1 Å². The number of fused-ring (bicyclic) bond motifs is 3. The number of hydrogen-bond donors (Lipinski definition) is 2. The molecular formula is C55H88NO14P. The smallest absolute Gasteiger partial charge is 0.329 e. The van der Waals surface area contributed by atoms with Crippen LogP contribution in [0.1, 0.15) is 139 Å². The number of ether oxygens (including phenoxy) is 5. The first-order valence-electron chi connectivity index (χ1n) is 26.3. The summed E-state index contributed by atoms with van der Waals surface area (Å²) in [4.78, 5) is 72.4. The summed E-state index contributed by atoms with van der Waals surface area (Å²) in [6.45, 7) is 16.5. The zero-order chi connectivity index (χ0) is 52.8. The van der Waals surface area contributed by atoms with E-state index >= 15 is 0 Å². The van der Waals surface area contributed by atoms with Crippen molar-refractivity contribution in [1.82, 2.24) is 4.90 Å². The van der Waals surface area contributed by atoms with E-state index in [0.29, 0.717) is 75.7 Å². The van der Waals surface area contributed by atoms with Gasteiger partial charge in [-0.05, 0) is 107 Å². The number of hydrogen-bond acceptors (Lipinski definition) is 14. The highest BCUT2D eigenvalue weighted by Gasteiger charge is 2.53. The van der Waals surface area contributed by atoms with Crippen LogP contribution in [0.15, 0.2) is 47.6 Å². The summed E-state index contributed by atoms with van der Waals surface area (Å²) in [6, 6.07) is -1.16. The number of Topliss-reactive ketones (excluding diaryl/α,β-unsaturated/α-hetero) is 3. The number of allylic oxidation sites excluding steroid dienone is 6. The van der Waals surface area contributed by atoms with Crippen molar-refractivity contribution in [2.45, 2.75) is 194 Å². The number of nitrogens with zero attached hydrogens (tertiary/aromatic N) is 1. The SMILES string of the molecule is CCP(=O)(CC)O[C@@H]1CCC(C[C@@H](C)C2CC(=O)[C@H](C)/C=C(\C)[C@@H](O)[C@@H](OC)C(=O)[C@H](C)C[C@H](C)/C=C/C=C/C=C(\C)[C@@H](OC)C[C@@H]3CC[C@@H](C)[C@@](O)(O3)C(=O)C(=O)N3CCCCC3C(=O)O2)C[C@H]1OC. The van der Waals surface area contributed by atoms with Gasteiger partial charge in [-0.1, -0.05) is 84.9 Å². The first kappa shape index (κ1) is 60.4. The highest BCUT2D eigenvalue weighted by Crippen LogP contribution is 2.50. The summed E-state index contributed by atoms with van der Waals surface area (Å²) < 4.78 is 49.4. The second-order valence-electron chi connectivity index (χ2n) is 21.1. The summed E-state index contributed by atoms with van der Waals surface area (Å²) >= 11 is 0. The van der Waals surface area contributed by atoms with Gasteiger partial charge >= 0.3 is 5.97 Å². The Balaban J connectivity index is 1.70. The van der Waals surface area contributed by atoms with Crippen LogP contribution in [-0.4, -0.2) is 139 Å². The monoisotopic (exact) mass is 1020 g/mol. The number of aliphatic hydroxyl groups is 2. The molecule has 2 N–H and O–H groups in total. The Bertz CT molecular complexity index is 1970. The van der Waals surface area contributed by atoms with Crippen LogP contribution in [0.4, 0.5) is 0 Å². The Morgan fingerprint density at radius 1 is 0.845 bits per heavy atom. The molecule has 0 aromatic carbocycles. The lowest BCUT2D eigenvalue weighted by Gasteiger charge is -2.42. The molecule has 0 aromatic heterocycles. The number of carbonyl (C=O) groups is 5. The van der Waals surface area contributed by atoms with E-state index in [2.05, 4.69) is 0 Å². The van der Waals surface area contributed by atoms with Crippen molar-refractivity contribution < 1.29 is 67.0 Å². The maximum Gasteiger partial charge on any atom is 0.329 e. The highest BCUT2D eigenvalue weighted by molar-refractivity contribution is 7.58. The van der Waals surface area contributed by atoms with Crippen LogP contribution in [0.2, 0.25) is 0 Å². The normalized spacial score (nSPS) is 38.3. The van der Waals surface area contributed by atoms with Crippen LogP contribution in [0.25, 0.3) is 0 Å². The fraction of sp³-hybridized carbons (Fsp3) is 0.764. The van der Waals surface area contributed by atoms with E-state index in [-0.39, 0.29) is 60.9 Å². The summed E-state index contributed by atoms with van der Waals surface area (Å²) in [6.07, 6.45) is 12.3. The molecule has 15 atom stereocenters. The molecule has 0 aromatic rings. The summed E-state index contributed by atoms with van der Waals surface area (Å²) in [5, 5.41) is 23.5. The van der Waals surface area contributed by atoms with E-state index in [1.54, 1.807) is 41.1 Å². The van der Waals surface area contributed by atoms with Crippen LogP contribution in [-0.2, 0) is 56.7 Å². The van der Waals surface area contributed by atoms with Gasteiger partial charge in [0.15, 0.2) is 5.78 Å². The second-order valence-corrected chi connectivity index (χ2v) is 24.2. The number of ketones is 3. The first-order valence-corrected chi connectivity index (χ1v) is 28.3. The van der Waals surface area contributed by atoms with Crippen molar-refractivity contribution >= 4 is 36.6 Å². The maximum absolute atomic E-state index is 14.5. The summed E-state index contributed by atoms with van der Waals surface area (Å²) in [5.41, 5.74) is 1.26. The summed E-state index contributed by atoms with van der Waals surface area (Å²) in [7, 11) is 1.77. The van der Waals surface area contributed by atoms with Gasteiger partial charge in [0.25, 0.3) is 11.7 Å². The molecule has 3 fully saturated rings. The third-order valence-corrected chi connectivity index (χ3v) is 18.3. The minimum Gasteiger partial charge on any atom is -0.460 e. The molecule has 4 rings (SSSR count). The van der Waals surface area contributed by atoms with Crippen LogP contribution in [0, 0.1) is 35.5 Å². The van der Waals surface area contributed by atoms with E-state index in [4.69, 9.17) is 28.2 Å². The van der Waals surface area contributed by atoms with Crippen molar-refractivity contribution in [3.8, 4) is 0 Å². The Kier molecular flexibility index (Phi) is 23.8. The van der Waals surface area contributed by atoms with E-state index in [9.17, 15) is 38.8 Å². The zero-order valence-corrected chi connectivity index (χ0v) is 45.7. The Morgan fingerprint density at radius 2 is 1.55 bits per heavy atom. The lowest BCUT2D eigenvalue weighted by atomic mass is 9.78. The Morgan fingerprint density at radius 3 is 2.20 bits per heavy atom. The predicted octanol–water partition coefficient (Wildman–Crippen LogP) is 8.52. The van der Waals surface area contributed by atoms with Crippen molar-refractivity contribution in [1.29, 1.82) is 0 Å². The van der Waals surface area contributed by atoms with Crippen LogP contribution >= 0.6 is 7.37 Å². The molecule has 4 aliphatic rings. The zero-order valence-electron chi connectivity index (χ0n) is 44.8. The number of cyclic esters (lactones) is 1. The standard InChI is InChI=1S/C55H88NO14P/c1-13-71(64,14-2)70-45-26-24-41(31-48(45)66-11)30-37(6)47-33-44(57)36(5)29-39(8)50(59)51(67-12)49(58)38(7)28-34(3)20-16-15-17-21-35(4)46(65-10)32-42-25-23-40(9)55(63,69-42)52(60)53(61)56-27-19-18-22-43(56)54(62)68-47/h15-17,20-21,29,34,36-38,40-43,45-48,50-51,59,63H,13-14,18-19,22-28,30-33H2,1-12H3/b17-15+,20-16+,35-21+,39-29+/t34-,36-,37-,38-,40-,41?,42+,43?,45-,46+,47?,48-,50-,51+,55-/m1/s1. The third kappa shape index (κ3) is 16.2. The number of esters is 1. The molecule has 402 valence electrons. The minimum atomic E-state index is -2.81. The van der Waals surface area contributed by atoms with Gasteiger partial charge in [-0.25, -0.2) is 4.79 Å². The van der Waals surface area contributed by atoms with Gasteiger partial charge in [0, 0.05) is 70.8 Å². The van der Waals surface area contributed by atoms with Crippen molar-refractivity contribution in [3.63, 3.8) is 0 Å². The van der Waals surface area contributed by atoms with Gasteiger partial charge in [-0.3, -0.25) is 23.7 Å². The fourth-order valence-electron chi connectivity index (χ4n) is 10.8. The van der Waals surface area contributed by atoms with Gasteiger partial charge in [-0.15, -0.1) is 0 Å². The molecule has 1 aliphatic carbocycles. The molecule has 1 amide bonds. The van der Waals surface area contributed by atoms with E-state index < -0.39 is 85.1 Å². The average molecular weight is 1020 g/mol. The Labute approximate surface area is 424 Å². The Hall–Kier alpha value is -3.14.